The van der Waals surface area contributed by atoms with Crippen molar-refractivity contribution in [3.63, 3.8) is 0 Å². The summed E-state index contributed by atoms with van der Waals surface area (Å²) in [5.41, 5.74) is 8.62. The molecule has 0 unspecified atom stereocenters. The van der Waals surface area contributed by atoms with Gasteiger partial charge in [-0.3, -0.25) is 0 Å². The van der Waals surface area contributed by atoms with Crippen molar-refractivity contribution in [3.05, 3.63) is 39.7 Å². The molecule has 2 N–H and O–H groups in total. The highest BCUT2D eigenvalue weighted by Gasteiger charge is 2.19. The fraction of sp³-hybridized carbons (Fsp3) is 0.231. The Morgan fingerprint density at radius 3 is 2.89 bits per heavy atom. The third-order valence-corrected chi connectivity index (χ3v) is 3.83. The predicted molar refractivity (Wildman–Crippen MR) is 71.6 cm³/mol. The van der Waals surface area contributed by atoms with Crippen molar-refractivity contribution in [1.29, 1.82) is 0 Å². The van der Waals surface area contributed by atoms with E-state index in [1.165, 1.54) is 12.1 Å². The molecule has 3 nitrogen and oxygen atoms in total. The Kier molecular flexibility index (Phi) is 2.78. The summed E-state index contributed by atoms with van der Waals surface area (Å²) in [6, 6.07) is 4.46. The summed E-state index contributed by atoms with van der Waals surface area (Å²) >= 11 is 3.38. The van der Waals surface area contributed by atoms with Gasteiger partial charge in [0.15, 0.2) is 5.82 Å². The molecule has 0 atom stereocenters. The van der Waals surface area contributed by atoms with Crippen molar-refractivity contribution < 1.29 is 4.39 Å². The van der Waals surface area contributed by atoms with Crippen LogP contribution in [0.5, 0.6) is 0 Å². The minimum absolute atomic E-state index is 0.309. The minimum atomic E-state index is -0.309. The van der Waals surface area contributed by atoms with E-state index in [1.54, 1.807) is 6.07 Å². The molecule has 0 saturated carbocycles. The Hall–Kier alpha value is -1.49. The van der Waals surface area contributed by atoms with Crippen LogP contribution in [0.25, 0.3) is 11.4 Å². The van der Waals surface area contributed by atoms with E-state index in [1.807, 2.05) is 0 Å². The van der Waals surface area contributed by atoms with E-state index in [0.717, 1.165) is 35.0 Å². The lowest BCUT2D eigenvalue weighted by Crippen LogP contribution is -2.03. The van der Waals surface area contributed by atoms with E-state index < -0.39 is 0 Å². The first-order valence-corrected chi connectivity index (χ1v) is 6.55. The van der Waals surface area contributed by atoms with E-state index in [2.05, 4.69) is 25.9 Å². The lowest BCUT2D eigenvalue weighted by Gasteiger charge is -2.08. The van der Waals surface area contributed by atoms with Gasteiger partial charge in [0.2, 0.25) is 0 Å². The van der Waals surface area contributed by atoms with Gasteiger partial charge in [-0.05, 0) is 37.5 Å². The molecular formula is C13H11BrFN3. The van der Waals surface area contributed by atoms with Gasteiger partial charge in [0.25, 0.3) is 0 Å². The number of nitrogens with zero attached hydrogens (tertiary/aromatic N) is 2. The molecule has 1 aliphatic carbocycles. The number of benzene rings is 1. The van der Waals surface area contributed by atoms with Gasteiger partial charge >= 0.3 is 0 Å². The molecule has 0 amide bonds. The fourth-order valence-corrected chi connectivity index (χ4v) is 2.67. The highest BCUT2D eigenvalue weighted by molar-refractivity contribution is 9.10. The molecule has 1 heterocycles. The monoisotopic (exact) mass is 307 g/mol. The van der Waals surface area contributed by atoms with Crippen LogP contribution < -0.4 is 5.73 Å². The molecular weight excluding hydrogens is 297 g/mol. The zero-order chi connectivity index (χ0) is 12.7. The van der Waals surface area contributed by atoms with Crippen LogP contribution in [0.1, 0.15) is 17.7 Å². The van der Waals surface area contributed by atoms with E-state index >= 15 is 0 Å². The smallest absolute Gasteiger partial charge is 0.163 e. The highest BCUT2D eigenvalue weighted by atomic mass is 79.9. The molecule has 5 heteroatoms. The molecule has 2 aromatic rings. The Bertz CT molecular complexity index is 628. The van der Waals surface area contributed by atoms with E-state index in [4.69, 9.17) is 5.73 Å². The van der Waals surface area contributed by atoms with Crippen LogP contribution in [-0.4, -0.2) is 9.97 Å². The lowest BCUT2D eigenvalue weighted by atomic mass is 10.2. The molecule has 92 valence electrons. The molecule has 0 saturated heterocycles. The second kappa shape index (κ2) is 4.31. The number of halogens is 2. The zero-order valence-corrected chi connectivity index (χ0v) is 11.2. The molecule has 18 heavy (non-hydrogen) atoms. The molecule has 3 rings (SSSR count). The molecule has 0 radical (unpaired) electrons. The normalized spacial score (nSPS) is 13.7. The average molecular weight is 308 g/mol. The van der Waals surface area contributed by atoms with Crippen molar-refractivity contribution >= 4 is 21.7 Å². The molecule has 1 aromatic carbocycles. The maximum atomic E-state index is 13.3. The van der Waals surface area contributed by atoms with E-state index in [0.29, 0.717) is 17.2 Å². The first-order valence-electron chi connectivity index (χ1n) is 5.76. The molecule has 0 aliphatic heterocycles. The fourth-order valence-electron chi connectivity index (χ4n) is 2.25. The maximum absolute atomic E-state index is 13.3. The average Bonchev–Trinajstić information content (AvgIpc) is 2.81. The number of aromatic nitrogens is 2. The van der Waals surface area contributed by atoms with Gasteiger partial charge in [0, 0.05) is 21.3 Å². The van der Waals surface area contributed by atoms with Gasteiger partial charge in [-0.15, -0.1) is 0 Å². The van der Waals surface area contributed by atoms with Crippen molar-refractivity contribution in [2.24, 2.45) is 0 Å². The number of nitrogen functional groups attached to an aromatic ring is 1. The van der Waals surface area contributed by atoms with Gasteiger partial charge < -0.3 is 5.73 Å². The van der Waals surface area contributed by atoms with Crippen LogP contribution in [0, 0.1) is 5.82 Å². The number of nitrogens with two attached hydrogens (primary N) is 1. The van der Waals surface area contributed by atoms with Crippen LogP contribution in [0.3, 0.4) is 0 Å². The summed E-state index contributed by atoms with van der Waals surface area (Å²) in [4.78, 5) is 8.79. The third-order valence-electron chi connectivity index (χ3n) is 3.13. The molecule has 1 aromatic heterocycles. The number of anilines is 1. The lowest BCUT2D eigenvalue weighted by molar-refractivity contribution is 0.628. The van der Waals surface area contributed by atoms with Gasteiger partial charge in [-0.25, -0.2) is 14.4 Å². The highest BCUT2D eigenvalue weighted by Crippen LogP contribution is 2.31. The zero-order valence-electron chi connectivity index (χ0n) is 9.58. The Morgan fingerprint density at radius 1 is 1.22 bits per heavy atom. The number of hydrogen-bond acceptors (Lipinski definition) is 3. The van der Waals surface area contributed by atoms with Crippen molar-refractivity contribution in [2.75, 3.05) is 5.73 Å². The SMILES string of the molecule is Nc1nc(-c2cc(F)ccc2Br)nc2c1CCC2. The topological polar surface area (TPSA) is 51.8 Å². The van der Waals surface area contributed by atoms with Crippen LogP contribution in [0.2, 0.25) is 0 Å². The summed E-state index contributed by atoms with van der Waals surface area (Å²) in [5.74, 6) is 0.694. The number of rotatable bonds is 1. The van der Waals surface area contributed by atoms with Crippen LogP contribution in [-0.2, 0) is 12.8 Å². The van der Waals surface area contributed by atoms with Gasteiger partial charge in [0.05, 0.1) is 0 Å². The standard InChI is InChI=1S/C13H11BrFN3/c14-10-5-4-7(15)6-9(10)13-17-11-3-1-2-8(11)12(16)18-13/h4-6H,1-3H2,(H2,16,17,18). The van der Waals surface area contributed by atoms with Gasteiger partial charge in [-0.1, -0.05) is 15.9 Å². The second-order valence-corrected chi connectivity index (χ2v) is 5.19. The summed E-state index contributed by atoms with van der Waals surface area (Å²) in [6.07, 6.45) is 2.91. The first-order chi connectivity index (χ1) is 8.65. The van der Waals surface area contributed by atoms with Crippen LogP contribution in [0.4, 0.5) is 10.2 Å². The molecule has 0 spiro atoms. The largest absolute Gasteiger partial charge is 0.383 e. The predicted octanol–water partition coefficient (Wildman–Crippen LogP) is 3.12. The third kappa shape index (κ3) is 1.88. The molecule has 1 aliphatic rings. The Balaban J connectivity index is 2.18. The summed E-state index contributed by atoms with van der Waals surface area (Å²) in [7, 11) is 0. The molecule has 0 fully saturated rings. The summed E-state index contributed by atoms with van der Waals surface area (Å²) < 4.78 is 14.1. The quantitative estimate of drug-likeness (QED) is 0.880. The number of fused-ring (bicyclic) bond motifs is 1. The van der Waals surface area contributed by atoms with Gasteiger partial charge in [-0.2, -0.15) is 0 Å². The minimum Gasteiger partial charge on any atom is -0.383 e. The molecule has 0 bridgehead atoms. The summed E-state index contributed by atoms with van der Waals surface area (Å²) in [6.45, 7) is 0. The van der Waals surface area contributed by atoms with Crippen molar-refractivity contribution in [2.45, 2.75) is 19.3 Å². The second-order valence-electron chi connectivity index (χ2n) is 4.34. The maximum Gasteiger partial charge on any atom is 0.163 e. The Labute approximate surface area is 112 Å². The van der Waals surface area contributed by atoms with Crippen LogP contribution in [0.15, 0.2) is 22.7 Å². The van der Waals surface area contributed by atoms with Crippen molar-refractivity contribution in [1.82, 2.24) is 9.97 Å². The van der Waals surface area contributed by atoms with Gasteiger partial charge in [0.1, 0.15) is 11.6 Å². The van der Waals surface area contributed by atoms with E-state index in [9.17, 15) is 4.39 Å². The van der Waals surface area contributed by atoms with Crippen molar-refractivity contribution in [3.8, 4) is 11.4 Å². The summed E-state index contributed by atoms with van der Waals surface area (Å²) in [5, 5.41) is 0. The number of hydrogen-bond donors (Lipinski definition) is 1. The van der Waals surface area contributed by atoms with E-state index in [-0.39, 0.29) is 5.82 Å². The van der Waals surface area contributed by atoms with Crippen LogP contribution >= 0.6 is 15.9 Å². The Morgan fingerprint density at radius 2 is 2.06 bits per heavy atom. The number of aryl methyl sites for hydroxylation is 1. The first kappa shape index (κ1) is 11.6.